The first-order valence-electron chi connectivity index (χ1n) is 4.82. The first-order valence-corrected chi connectivity index (χ1v) is 5.61. The summed E-state index contributed by atoms with van der Waals surface area (Å²) in [5, 5.41) is 9.36. The molecule has 0 spiro atoms. The molecule has 0 bridgehead atoms. The fourth-order valence-corrected chi connectivity index (χ4v) is 1.48. The van der Waals surface area contributed by atoms with E-state index in [0.717, 1.165) is 0 Å². The minimum absolute atomic E-state index is 0.0446. The summed E-state index contributed by atoms with van der Waals surface area (Å²) in [5.74, 6) is 0.461. The number of hydrogen-bond donors (Lipinski definition) is 1. The Bertz CT molecular complexity index is 350. The lowest BCUT2D eigenvalue weighted by atomic mass is 10.1. The molecule has 0 fully saturated rings. The van der Waals surface area contributed by atoms with Gasteiger partial charge in [-0.3, -0.25) is 0 Å². The van der Waals surface area contributed by atoms with E-state index in [9.17, 15) is 13.9 Å². The van der Waals surface area contributed by atoms with Crippen LogP contribution in [0.5, 0.6) is 5.75 Å². The Kier molecular flexibility index (Phi) is 4.27. The smallest absolute Gasteiger partial charge is 0.330 e. The highest BCUT2D eigenvalue weighted by molar-refractivity contribution is 9.10. The van der Waals surface area contributed by atoms with Gasteiger partial charge in [0.1, 0.15) is 5.75 Å². The fourth-order valence-electron chi connectivity index (χ4n) is 1.22. The van der Waals surface area contributed by atoms with Crippen molar-refractivity contribution in [2.45, 2.75) is 30.9 Å². The Hall–Kier alpha value is -0.680. The third-order valence-corrected chi connectivity index (χ3v) is 2.29. The average Bonchev–Trinajstić information content (AvgIpc) is 2.14. The third-order valence-electron chi connectivity index (χ3n) is 1.86. The fraction of sp³-hybridized carbons (Fsp3) is 0.455. The number of aliphatic hydroxyl groups excluding tert-OH is 1. The molecule has 0 saturated heterocycles. The second-order valence-corrected chi connectivity index (χ2v) is 4.74. The van der Waals surface area contributed by atoms with Crippen molar-refractivity contribution in [2.24, 2.45) is 0 Å². The average molecular weight is 295 g/mol. The Morgan fingerprint density at radius 2 is 2.00 bits per heavy atom. The molecule has 2 nitrogen and oxygen atoms in total. The SMILES string of the molecule is CC(C)Oc1cccc(C(O)C(F)(F)Br)c1. The van der Waals surface area contributed by atoms with Crippen LogP contribution in [0.4, 0.5) is 8.78 Å². The van der Waals surface area contributed by atoms with Crippen LogP contribution in [0.25, 0.3) is 0 Å². The van der Waals surface area contributed by atoms with Crippen molar-refractivity contribution in [3.05, 3.63) is 29.8 Å². The van der Waals surface area contributed by atoms with Crippen molar-refractivity contribution >= 4 is 15.9 Å². The quantitative estimate of drug-likeness (QED) is 0.862. The van der Waals surface area contributed by atoms with Gasteiger partial charge >= 0.3 is 4.83 Å². The van der Waals surface area contributed by atoms with Crippen molar-refractivity contribution in [3.8, 4) is 5.75 Å². The number of hydrogen-bond acceptors (Lipinski definition) is 2. The van der Waals surface area contributed by atoms with Crippen molar-refractivity contribution < 1.29 is 18.6 Å². The minimum Gasteiger partial charge on any atom is -0.491 e. The predicted molar refractivity (Wildman–Crippen MR) is 61.0 cm³/mol. The molecule has 0 radical (unpaired) electrons. The molecule has 0 aliphatic rings. The lowest BCUT2D eigenvalue weighted by Gasteiger charge is -2.18. The molecule has 1 rings (SSSR count). The largest absolute Gasteiger partial charge is 0.491 e. The van der Waals surface area contributed by atoms with Crippen molar-refractivity contribution in [1.82, 2.24) is 0 Å². The molecule has 1 aromatic rings. The lowest BCUT2D eigenvalue weighted by Crippen LogP contribution is -2.18. The number of benzene rings is 1. The van der Waals surface area contributed by atoms with Crippen LogP contribution in [0.15, 0.2) is 24.3 Å². The van der Waals surface area contributed by atoms with Crippen LogP contribution in [-0.2, 0) is 0 Å². The van der Waals surface area contributed by atoms with Gasteiger partial charge in [-0.2, -0.15) is 8.78 Å². The molecule has 5 heteroatoms. The number of rotatable bonds is 4. The summed E-state index contributed by atoms with van der Waals surface area (Å²) < 4.78 is 31.0. The van der Waals surface area contributed by atoms with E-state index in [1.165, 1.54) is 12.1 Å². The van der Waals surface area contributed by atoms with Crippen LogP contribution in [0.1, 0.15) is 25.5 Å². The van der Waals surface area contributed by atoms with Gasteiger partial charge in [0.25, 0.3) is 0 Å². The number of halogens is 3. The van der Waals surface area contributed by atoms with Gasteiger partial charge in [-0.15, -0.1) is 0 Å². The van der Waals surface area contributed by atoms with Gasteiger partial charge in [0.15, 0.2) is 6.10 Å². The summed E-state index contributed by atoms with van der Waals surface area (Å²) in [4.78, 5) is -3.34. The van der Waals surface area contributed by atoms with Gasteiger partial charge in [0, 0.05) is 0 Å². The van der Waals surface area contributed by atoms with E-state index in [-0.39, 0.29) is 11.7 Å². The van der Waals surface area contributed by atoms with E-state index >= 15 is 0 Å². The number of alkyl halides is 3. The van der Waals surface area contributed by atoms with Crippen LogP contribution in [0.3, 0.4) is 0 Å². The summed E-state index contributed by atoms with van der Waals surface area (Å²) >= 11 is 2.13. The molecule has 16 heavy (non-hydrogen) atoms. The number of aliphatic hydroxyl groups is 1. The highest BCUT2D eigenvalue weighted by Gasteiger charge is 2.36. The van der Waals surface area contributed by atoms with Crippen LogP contribution in [0, 0.1) is 0 Å². The standard InChI is InChI=1S/C11H13BrF2O2/c1-7(2)16-9-5-3-4-8(6-9)10(15)11(12,13)14/h3-7,10,15H,1-2H3. The zero-order chi connectivity index (χ0) is 12.3. The van der Waals surface area contributed by atoms with Crippen LogP contribution < -0.4 is 4.74 Å². The molecule has 1 aromatic carbocycles. The zero-order valence-corrected chi connectivity index (χ0v) is 10.5. The monoisotopic (exact) mass is 294 g/mol. The molecule has 0 saturated carbocycles. The Morgan fingerprint density at radius 3 is 2.50 bits per heavy atom. The molecule has 0 amide bonds. The second kappa shape index (κ2) is 5.10. The molecule has 0 aliphatic carbocycles. The van der Waals surface area contributed by atoms with Crippen LogP contribution >= 0.6 is 15.9 Å². The maximum atomic E-state index is 12.8. The molecule has 0 heterocycles. The van der Waals surface area contributed by atoms with Crippen LogP contribution in [0.2, 0.25) is 0 Å². The van der Waals surface area contributed by atoms with Gasteiger partial charge in [-0.1, -0.05) is 12.1 Å². The summed E-state index contributed by atoms with van der Waals surface area (Å²) in [5.41, 5.74) is 0.111. The summed E-state index contributed by atoms with van der Waals surface area (Å²) in [6.45, 7) is 3.67. The van der Waals surface area contributed by atoms with Gasteiger partial charge in [0.05, 0.1) is 6.10 Å². The summed E-state index contributed by atoms with van der Waals surface area (Å²) in [7, 11) is 0. The molecule has 1 N–H and O–H groups in total. The summed E-state index contributed by atoms with van der Waals surface area (Å²) in [6.07, 6.45) is -1.93. The first kappa shape index (κ1) is 13.4. The molecule has 1 unspecified atom stereocenters. The van der Waals surface area contributed by atoms with E-state index in [0.29, 0.717) is 5.75 Å². The molecular formula is C11H13BrF2O2. The van der Waals surface area contributed by atoms with E-state index in [2.05, 4.69) is 15.9 Å². The topological polar surface area (TPSA) is 29.5 Å². The highest BCUT2D eigenvalue weighted by Crippen LogP contribution is 2.37. The van der Waals surface area contributed by atoms with Gasteiger partial charge in [0.2, 0.25) is 0 Å². The van der Waals surface area contributed by atoms with Crippen LogP contribution in [-0.4, -0.2) is 16.0 Å². The van der Waals surface area contributed by atoms with Crippen molar-refractivity contribution in [3.63, 3.8) is 0 Å². The van der Waals surface area contributed by atoms with Crippen molar-refractivity contribution in [2.75, 3.05) is 0 Å². The maximum absolute atomic E-state index is 12.8. The van der Waals surface area contributed by atoms with Gasteiger partial charge < -0.3 is 9.84 Å². The molecule has 0 aromatic heterocycles. The van der Waals surface area contributed by atoms with E-state index in [1.54, 1.807) is 12.1 Å². The normalized spacial score (nSPS) is 13.9. The first-order chi connectivity index (χ1) is 7.30. The third kappa shape index (κ3) is 3.72. The van der Waals surface area contributed by atoms with E-state index in [1.807, 2.05) is 13.8 Å². The zero-order valence-electron chi connectivity index (χ0n) is 8.95. The number of ether oxygens (including phenoxy) is 1. The predicted octanol–water partition coefficient (Wildman–Crippen LogP) is 3.49. The molecular weight excluding hydrogens is 282 g/mol. The highest BCUT2D eigenvalue weighted by atomic mass is 79.9. The summed E-state index contributed by atoms with van der Waals surface area (Å²) in [6, 6.07) is 6.05. The van der Waals surface area contributed by atoms with E-state index < -0.39 is 10.9 Å². The minimum atomic E-state index is -3.34. The van der Waals surface area contributed by atoms with Gasteiger partial charge in [-0.05, 0) is 47.5 Å². The Balaban J connectivity index is 2.90. The second-order valence-electron chi connectivity index (χ2n) is 3.68. The molecule has 90 valence electrons. The lowest BCUT2D eigenvalue weighted by molar-refractivity contribution is -0.0295. The van der Waals surface area contributed by atoms with Crippen molar-refractivity contribution in [1.29, 1.82) is 0 Å². The maximum Gasteiger partial charge on any atom is 0.330 e. The Labute approximate surface area is 101 Å². The molecule has 1 atom stereocenters. The van der Waals surface area contributed by atoms with Gasteiger partial charge in [-0.25, -0.2) is 0 Å². The van der Waals surface area contributed by atoms with E-state index in [4.69, 9.17) is 4.74 Å². The molecule has 0 aliphatic heterocycles. The Morgan fingerprint density at radius 1 is 1.38 bits per heavy atom.